The van der Waals surface area contributed by atoms with Crippen LogP contribution in [-0.4, -0.2) is 93.4 Å². The molecule has 0 aromatic heterocycles. The molecule has 10 nitrogen and oxygen atoms in total. The first kappa shape index (κ1) is 27.3. The molecule has 0 radical (unpaired) electrons. The number of nitrogens with zero attached hydrogens (tertiary/aromatic N) is 2. The lowest BCUT2D eigenvalue weighted by molar-refractivity contribution is -0.146. The maximum Gasteiger partial charge on any atom is 0.328 e. The molecule has 0 bridgehead atoms. The molecule has 2 heterocycles. The number of nitrogens with one attached hydrogen (secondary N) is 2. The highest BCUT2D eigenvalue weighted by atomic mass is 32.2. The third kappa shape index (κ3) is 6.56. The van der Waals surface area contributed by atoms with Crippen LogP contribution >= 0.6 is 23.5 Å². The number of methoxy groups -OCH3 is 1. The average molecular weight is 503 g/mol. The number of ether oxygens (including phenoxy) is 1. The van der Waals surface area contributed by atoms with Gasteiger partial charge in [0.05, 0.1) is 16.9 Å². The predicted octanol–water partition coefficient (Wildman–Crippen LogP) is 0.551. The van der Waals surface area contributed by atoms with Crippen molar-refractivity contribution in [1.29, 1.82) is 0 Å². The maximum absolute atomic E-state index is 12.7. The van der Waals surface area contributed by atoms with Gasteiger partial charge in [0.15, 0.2) is 0 Å². The number of carbonyl (C=O) groups is 5. The molecule has 12 heteroatoms. The van der Waals surface area contributed by atoms with E-state index in [1.54, 1.807) is 11.8 Å². The smallest absolute Gasteiger partial charge is 0.328 e. The van der Waals surface area contributed by atoms with Gasteiger partial charge in [-0.3, -0.25) is 19.2 Å². The van der Waals surface area contributed by atoms with Gasteiger partial charge in [0.25, 0.3) is 0 Å². The Balaban J connectivity index is 1.81. The molecule has 0 saturated carbocycles. The third-order valence-corrected chi connectivity index (χ3v) is 8.76. The van der Waals surface area contributed by atoms with E-state index in [1.807, 2.05) is 27.7 Å². The van der Waals surface area contributed by atoms with E-state index in [0.717, 1.165) is 0 Å². The van der Waals surface area contributed by atoms with Crippen LogP contribution in [0.15, 0.2) is 0 Å². The Morgan fingerprint density at radius 2 is 1.48 bits per heavy atom. The Bertz CT molecular complexity index is 763. The Morgan fingerprint density at radius 1 is 0.970 bits per heavy atom. The third-order valence-electron chi connectivity index (χ3n) is 5.96. The van der Waals surface area contributed by atoms with E-state index in [0.29, 0.717) is 50.1 Å². The Kier molecular flexibility index (Phi) is 9.48. The molecular weight excluding hydrogens is 468 g/mol. The zero-order valence-corrected chi connectivity index (χ0v) is 21.4. The molecule has 0 aliphatic carbocycles. The summed E-state index contributed by atoms with van der Waals surface area (Å²) in [5.74, 6) is -0.151. The minimum Gasteiger partial charge on any atom is -0.467 e. The quantitative estimate of drug-likeness (QED) is 0.238. The lowest BCUT2D eigenvalue weighted by Crippen LogP contribution is -2.53. The predicted molar refractivity (Wildman–Crippen MR) is 127 cm³/mol. The first-order valence-electron chi connectivity index (χ1n) is 10.9. The second kappa shape index (κ2) is 11.5. The highest BCUT2D eigenvalue weighted by molar-refractivity contribution is 8.01. The van der Waals surface area contributed by atoms with Gasteiger partial charge in [0, 0.05) is 18.1 Å². The molecule has 2 rings (SSSR count). The largest absolute Gasteiger partial charge is 0.467 e. The molecule has 3 unspecified atom stereocenters. The minimum atomic E-state index is -0.835. The van der Waals surface area contributed by atoms with E-state index < -0.39 is 33.8 Å². The van der Waals surface area contributed by atoms with Gasteiger partial charge in [0.1, 0.15) is 18.1 Å². The summed E-state index contributed by atoms with van der Waals surface area (Å²) in [5.41, 5.74) is 0. The fraction of sp³-hybridized carbons (Fsp3) is 0.762. The van der Waals surface area contributed by atoms with Crippen LogP contribution in [0.3, 0.4) is 0 Å². The molecule has 3 atom stereocenters. The number of amides is 4. The highest BCUT2D eigenvalue weighted by Gasteiger charge is 2.44. The standard InChI is InChI=1S/C21H34N4O6S2/c1-20(2)24(12-26)15(10-32-20)17(28)22-9-7-6-8-14(19(30)31-5)23-18(29)16-11-33-21(3,4)25(16)13-27/h12-16H,6-11H2,1-5H3,(H,22,28)(H,23,29). The van der Waals surface area contributed by atoms with Gasteiger partial charge in [-0.15, -0.1) is 23.5 Å². The molecule has 2 aliphatic rings. The van der Waals surface area contributed by atoms with Crippen molar-refractivity contribution in [2.75, 3.05) is 25.2 Å². The Labute approximate surface area is 203 Å². The Hall–Kier alpha value is -1.95. The van der Waals surface area contributed by atoms with Crippen LogP contribution in [0.1, 0.15) is 47.0 Å². The molecule has 2 fully saturated rings. The summed E-state index contributed by atoms with van der Waals surface area (Å²) >= 11 is 3.05. The number of hydrogen-bond acceptors (Lipinski definition) is 8. The van der Waals surface area contributed by atoms with Gasteiger partial charge in [-0.1, -0.05) is 0 Å². The van der Waals surface area contributed by atoms with Crippen molar-refractivity contribution in [3.8, 4) is 0 Å². The summed E-state index contributed by atoms with van der Waals surface area (Å²) in [7, 11) is 1.26. The van der Waals surface area contributed by atoms with Crippen LogP contribution in [0.25, 0.3) is 0 Å². The number of rotatable bonds is 11. The van der Waals surface area contributed by atoms with Gasteiger partial charge < -0.3 is 25.2 Å². The van der Waals surface area contributed by atoms with Crippen molar-refractivity contribution in [1.82, 2.24) is 20.4 Å². The van der Waals surface area contributed by atoms with E-state index >= 15 is 0 Å². The van der Waals surface area contributed by atoms with Crippen molar-refractivity contribution < 1.29 is 28.7 Å². The zero-order valence-electron chi connectivity index (χ0n) is 19.8. The van der Waals surface area contributed by atoms with E-state index in [4.69, 9.17) is 4.74 Å². The van der Waals surface area contributed by atoms with Crippen molar-refractivity contribution in [2.45, 2.75) is 74.8 Å². The first-order chi connectivity index (χ1) is 15.5. The van der Waals surface area contributed by atoms with Crippen LogP contribution in [0.4, 0.5) is 0 Å². The highest BCUT2D eigenvalue weighted by Crippen LogP contribution is 2.38. The lowest BCUT2D eigenvalue weighted by atomic mass is 10.1. The minimum absolute atomic E-state index is 0.201. The molecule has 2 N–H and O–H groups in total. The maximum atomic E-state index is 12.7. The van der Waals surface area contributed by atoms with Crippen LogP contribution in [-0.2, 0) is 28.7 Å². The molecule has 186 valence electrons. The Morgan fingerprint density at radius 3 is 1.97 bits per heavy atom. The summed E-state index contributed by atoms with van der Waals surface area (Å²) in [6.07, 6.45) is 2.86. The SMILES string of the molecule is COC(=O)C(CCCCNC(=O)C1CSC(C)(C)N1C=O)NC(=O)C1CSC(C)(C)N1C=O. The van der Waals surface area contributed by atoms with Crippen LogP contribution in [0.2, 0.25) is 0 Å². The summed E-state index contributed by atoms with van der Waals surface area (Å²) in [6.45, 7) is 7.93. The molecule has 0 aromatic rings. The van der Waals surface area contributed by atoms with E-state index in [1.165, 1.54) is 28.7 Å². The lowest BCUT2D eigenvalue weighted by Gasteiger charge is -2.31. The molecule has 0 aromatic carbocycles. The van der Waals surface area contributed by atoms with Gasteiger partial charge in [-0.2, -0.15) is 0 Å². The fourth-order valence-electron chi connectivity index (χ4n) is 3.89. The number of esters is 1. The van der Waals surface area contributed by atoms with Crippen LogP contribution < -0.4 is 10.6 Å². The monoisotopic (exact) mass is 502 g/mol. The van der Waals surface area contributed by atoms with E-state index in [2.05, 4.69) is 10.6 Å². The van der Waals surface area contributed by atoms with E-state index in [-0.39, 0.29) is 11.8 Å². The summed E-state index contributed by atoms with van der Waals surface area (Å²) < 4.78 is 4.82. The summed E-state index contributed by atoms with van der Waals surface area (Å²) in [6, 6.07) is -1.99. The van der Waals surface area contributed by atoms with Crippen molar-refractivity contribution in [2.24, 2.45) is 0 Å². The topological polar surface area (TPSA) is 125 Å². The van der Waals surface area contributed by atoms with Crippen LogP contribution in [0, 0.1) is 0 Å². The number of carbonyl (C=O) groups excluding carboxylic acids is 5. The second-order valence-corrected chi connectivity index (χ2v) is 12.2. The van der Waals surface area contributed by atoms with Gasteiger partial charge in [0.2, 0.25) is 24.6 Å². The summed E-state index contributed by atoms with van der Waals surface area (Å²) in [5, 5.41) is 5.56. The number of hydrogen-bond donors (Lipinski definition) is 2. The molecular formula is C21H34N4O6S2. The average Bonchev–Trinajstić information content (AvgIpc) is 3.25. The van der Waals surface area contributed by atoms with Gasteiger partial charge in [-0.05, 0) is 47.0 Å². The normalized spacial score (nSPS) is 24.2. The molecule has 2 aliphatic heterocycles. The van der Waals surface area contributed by atoms with Gasteiger partial charge >= 0.3 is 5.97 Å². The van der Waals surface area contributed by atoms with Crippen molar-refractivity contribution in [3.63, 3.8) is 0 Å². The van der Waals surface area contributed by atoms with Crippen molar-refractivity contribution >= 4 is 54.1 Å². The first-order valence-corrected chi connectivity index (χ1v) is 12.9. The number of unbranched alkanes of at least 4 members (excludes halogenated alkanes) is 1. The fourth-order valence-corrected chi connectivity index (χ4v) is 6.29. The molecule has 2 saturated heterocycles. The summed E-state index contributed by atoms with van der Waals surface area (Å²) in [4.78, 5) is 62.3. The van der Waals surface area contributed by atoms with E-state index in [9.17, 15) is 24.0 Å². The molecule has 4 amide bonds. The molecule has 33 heavy (non-hydrogen) atoms. The molecule has 0 spiro atoms. The van der Waals surface area contributed by atoms with Crippen molar-refractivity contribution in [3.05, 3.63) is 0 Å². The number of thioether (sulfide) groups is 2. The van der Waals surface area contributed by atoms with Crippen LogP contribution in [0.5, 0.6) is 0 Å². The zero-order chi connectivity index (χ0) is 24.8. The second-order valence-electron chi connectivity index (χ2n) is 8.94. The van der Waals surface area contributed by atoms with Gasteiger partial charge in [-0.25, -0.2) is 4.79 Å².